The van der Waals surface area contributed by atoms with E-state index in [0.717, 1.165) is 28.9 Å². The fourth-order valence-corrected chi connectivity index (χ4v) is 2.30. The maximum Gasteiger partial charge on any atom is 0.411 e. The summed E-state index contributed by atoms with van der Waals surface area (Å²) in [5.41, 5.74) is 3.24. The molecule has 0 aliphatic carbocycles. The lowest BCUT2D eigenvalue weighted by Gasteiger charge is -2.18. The molecule has 1 aliphatic rings. The fourth-order valence-electron chi connectivity index (χ4n) is 2.30. The number of aromatic nitrogens is 1. The molecule has 1 aromatic heterocycles. The van der Waals surface area contributed by atoms with Crippen LogP contribution in [-0.4, -0.2) is 22.7 Å². The van der Waals surface area contributed by atoms with Gasteiger partial charge in [0.2, 0.25) is 0 Å². The molecule has 0 bridgehead atoms. The van der Waals surface area contributed by atoms with E-state index < -0.39 is 6.09 Å². The minimum absolute atomic E-state index is 0.188. The van der Waals surface area contributed by atoms with E-state index >= 15 is 0 Å². The molecule has 0 unspecified atom stereocenters. The van der Waals surface area contributed by atoms with Crippen molar-refractivity contribution in [2.75, 3.05) is 11.4 Å². The minimum Gasteiger partial charge on any atom is -0.465 e. The van der Waals surface area contributed by atoms with Gasteiger partial charge in [0, 0.05) is 23.7 Å². The smallest absolute Gasteiger partial charge is 0.411 e. The molecule has 18 heavy (non-hydrogen) atoms. The molecular formula is C14H18N2O2. The second-order valence-electron chi connectivity index (χ2n) is 5.30. The number of carbonyl (C=O) groups is 1. The molecule has 0 saturated heterocycles. The van der Waals surface area contributed by atoms with Gasteiger partial charge in [-0.25, -0.2) is 4.79 Å². The average Bonchev–Trinajstić information content (AvgIpc) is 2.60. The molecule has 1 amide bonds. The molecule has 96 valence electrons. The van der Waals surface area contributed by atoms with E-state index in [1.807, 2.05) is 26.8 Å². The van der Waals surface area contributed by atoms with Crippen molar-refractivity contribution in [2.24, 2.45) is 0 Å². The number of rotatable bonds is 2. The summed E-state index contributed by atoms with van der Waals surface area (Å²) in [5, 5.41) is 9.26. The highest BCUT2D eigenvalue weighted by atomic mass is 16.4. The molecule has 0 spiro atoms. The van der Waals surface area contributed by atoms with Gasteiger partial charge in [-0.3, -0.25) is 9.88 Å². The molecule has 2 heterocycles. The van der Waals surface area contributed by atoms with E-state index in [1.54, 1.807) is 6.20 Å². The lowest BCUT2D eigenvalue weighted by atomic mass is 9.88. The average molecular weight is 246 g/mol. The number of carboxylic acid groups (broad SMARTS) is 1. The van der Waals surface area contributed by atoms with Crippen molar-refractivity contribution >= 4 is 17.4 Å². The van der Waals surface area contributed by atoms with Gasteiger partial charge in [-0.15, -0.1) is 0 Å². The van der Waals surface area contributed by atoms with Gasteiger partial charge in [0.15, 0.2) is 0 Å². The molecule has 2 rings (SSSR count). The summed E-state index contributed by atoms with van der Waals surface area (Å²) in [6.45, 7) is 10.5. The lowest BCUT2D eigenvalue weighted by Crippen LogP contribution is -2.32. The Balaban J connectivity index is 2.54. The van der Waals surface area contributed by atoms with E-state index in [-0.39, 0.29) is 5.41 Å². The van der Waals surface area contributed by atoms with Gasteiger partial charge in [-0.2, -0.15) is 0 Å². The van der Waals surface area contributed by atoms with Gasteiger partial charge >= 0.3 is 6.09 Å². The predicted molar refractivity (Wildman–Crippen MR) is 72.0 cm³/mol. The van der Waals surface area contributed by atoms with Crippen molar-refractivity contribution in [1.82, 2.24) is 4.98 Å². The van der Waals surface area contributed by atoms with Crippen molar-refractivity contribution in [3.8, 4) is 0 Å². The molecule has 0 saturated carbocycles. The Hall–Kier alpha value is -1.84. The minimum atomic E-state index is -0.916. The highest BCUT2D eigenvalue weighted by molar-refractivity contribution is 5.90. The number of hydrogen-bond donors (Lipinski definition) is 1. The van der Waals surface area contributed by atoms with E-state index in [0.29, 0.717) is 6.54 Å². The molecule has 0 fully saturated rings. The molecule has 0 radical (unpaired) electrons. The largest absolute Gasteiger partial charge is 0.465 e. The maximum absolute atomic E-state index is 11.3. The predicted octanol–water partition coefficient (Wildman–Crippen LogP) is 3.28. The monoisotopic (exact) mass is 246 g/mol. The third-order valence-electron chi connectivity index (χ3n) is 3.48. The zero-order valence-corrected chi connectivity index (χ0v) is 11.0. The van der Waals surface area contributed by atoms with E-state index in [1.165, 1.54) is 4.90 Å². The Morgan fingerprint density at radius 2 is 2.28 bits per heavy atom. The van der Waals surface area contributed by atoms with Crippen LogP contribution in [0.1, 0.15) is 38.4 Å². The number of amides is 1. The van der Waals surface area contributed by atoms with Crippen LogP contribution in [0.4, 0.5) is 10.5 Å². The van der Waals surface area contributed by atoms with Crippen LogP contribution >= 0.6 is 0 Å². The van der Waals surface area contributed by atoms with Crippen molar-refractivity contribution in [2.45, 2.75) is 32.6 Å². The number of anilines is 1. The maximum atomic E-state index is 11.3. The molecule has 1 aromatic rings. The van der Waals surface area contributed by atoms with Gasteiger partial charge in [0.05, 0.1) is 11.4 Å². The molecule has 1 N–H and O–H groups in total. The first-order valence-electron chi connectivity index (χ1n) is 6.06. The second kappa shape index (κ2) is 4.12. The number of fused-ring (bicyclic) bond motifs is 1. The summed E-state index contributed by atoms with van der Waals surface area (Å²) < 4.78 is 0. The van der Waals surface area contributed by atoms with Gasteiger partial charge < -0.3 is 5.11 Å². The fraction of sp³-hybridized carbons (Fsp3) is 0.429. The zero-order chi connectivity index (χ0) is 13.5. The SMILES string of the molecule is C=C(CC)c1cc2c(cn1)C(C)(C)CN2C(=O)O. The first-order valence-corrected chi connectivity index (χ1v) is 6.06. The van der Waals surface area contributed by atoms with E-state index in [4.69, 9.17) is 0 Å². The summed E-state index contributed by atoms with van der Waals surface area (Å²) in [7, 11) is 0. The van der Waals surface area contributed by atoms with E-state index in [2.05, 4.69) is 11.6 Å². The Kier molecular flexibility index (Phi) is 2.89. The summed E-state index contributed by atoms with van der Waals surface area (Å²) >= 11 is 0. The van der Waals surface area contributed by atoms with Crippen LogP contribution in [0, 0.1) is 0 Å². The topological polar surface area (TPSA) is 53.4 Å². The second-order valence-corrected chi connectivity index (χ2v) is 5.30. The summed E-state index contributed by atoms with van der Waals surface area (Å²) in [5.74, 6) is 0. The Morgan fingerprint density at radius 1 is 1.61 bits per heavy atom. The summed E-state index contributed by atoms with van der Waals surface area (Å²) in [6.07, 6.45) is 1.68. The van der Waals surface area contributed by atoms with Crippen molar-refractivity contribution in [3.05, 3.63) is 30.1 Å². The van der Waals surface area contributed by atoms with Crippen LogP contribution in [0.2, 0.25) is 0 Å². The van der Waals surface area contributed by atoms with E-state index in [9.17, 15) is 9.90 Å². The molecular weight excluding hydrogens is 228 g/mol. The molecule has 0 atom stereocenters. The quantitative estimate of drug-likeness (QED) is 0.871. The van der Waals surface area contributed by atoms with Gasteiger partial charge in [-0.05, 0) is 18.1 Å². The van der Waals surface area contributed by atoms with Crippen LogP contribution in [0.15, 0.2) is 18.8 Å². The standard InChI is InChI=1S/C14H18N2O2/c1-5-9(2)11-6-12-10(7-15-11)14(3,4)8-16(12)13(17)18/h6-7H,2,5,8H2,1,3-4H3,(H,17,18). The highest BCUT2D eigenvalue weighted by Gasteiger charge is 2.38. The molecule has 1 aliphatic heterocycles. The van der Waals surface area contributed by atoms with Crippen LogP contribution in [0.5, 0.6) is 0 Å². The van der Waals surface area contributed by atoms with Crippen LogP contribution in [-0.2, 0) is 5.41 Å². The van der Waals surface area contributed by atoms with Crippen LogP contribution < -0.4 is 4.90 Å². The number of hydrogen-bond acceptors (Lipinski definition) is 2. The Bertz CT molecular complexity index is 521. The number of pyridine rings is 1. The highest BCUT2D eigenvalue weighted by Crippen LogP contribution is 2.40. The number of allylic oxidation sites excluding steroid dienone is 1. The Morgan fingerprint density at radius 3 is 2.83 bits per heavy atom. The van der Waals surface area contributed by atoms with Crippen LogP contribution in [0.25, 0.3) is 5.57 Å². The lowest BCUT2D eigenvalue weighted by molar-refractivity contribution is 0.201. The van der Waals surface area contributed by atoms with Gasteiger partial charge in [-0.1, -0.05) is 27.4 Å². The Labute approximate surface area is 107 Å². The zero-order valence-electron chi connectivity index (χ0n) is 11.0. The van der Waals surface area contributed by atoms with Crippen LogP contribution in [0.3, 0.4) is 0 Å². The molecule has 0 aromatic carbocycles. The van der Waals surface area contributed by atoms with Crippen molar-refractivity contribution in [3.63, 3.8) is 0 Å². The first-order chi connectivity index (χ1) is 8.36. The third-order valence-corrected chi connectivity index (χ3v) is 3.48. The molecule has 4 nitrogen and oxygen atoms in total. The third kappa shape index (κ3) is 1.88. The van der Waals surface area contributed by atoms with Gasteiger partial charge in [0.1, 0.15) is 0 Å². The van der Waals surface area contributed by atoms with Gasteiger partial charge in [0.25, 0.3) is 0 Å². The van der Waals surface area contributed by atoms with Crippen molar-refractivity contribution < 1.29 is 9.90 Å². The summed E-state index contributed by atoms with van der Waals surface area (Å²) in [6, 6.07) is 1.84. The first kappa shape index (κ1) is 12.6. The summed E-state index contributed by atoms with van der Waals surface area (Å²) in [4.78, 5) is 17.1. The number of nitrogens with zero attached hydrogens (tertiary/aromatic N) is 2. The normalized spacial score (nSPS) is 16.5. The molecule has 4 heteroatoms. The van der Waals surface area contributed by atoms with Crippen molar-refractivity contribution in [1.29, 1.82) is 0 Å².